The Morgan fingerprint density at radius 3 is 2.74 bits per heavy atom. The topological polar surface area (TPSA) is 99.1 Å². The highest BCUT2D eigenvalue weighted by Crippen LogP contribution is 2.21. The van der Waals surface area contributed by atoms with Crippen molar-refractivity contribution in [2.24, 2.45) is 5.10 Å². The van der Waals surface area contributed by atoms with Crippen LogP contribution in [0, 0.1) is 0 Å². The molecule has 1 heterocycles. The van der Waals surface area contributed by atoms with Crippen LogP contribution in [0.1, 0.15) is 12.0 Å². The van der Waals surface area contributed by atoms with Gasteiger partial charge in [0.1, 0.15) is 11.8 Å². The van der Waals surface area contributed by atoms with Gasteiger partial charge >= 0.3 is 12.0 Å². The molecule has 1 unspecified atom stereocenters. The number of carboxylic acid groups (broad SMARTS) is 1. The van der Waals surface area contributed by atoms with Gasteiger partial charge in [-0.25, -0.2) is 9.59 Å². The minimum Gasteiger partial charge on any atom is -0.480 e. The van der Waals surface area contributed by atoms with Gasteiger partial charge in [0.2, 0.25) is 0 Å². The van der Waals surface area contributed by atoms with Crippen LogP contribution in [0.5, 0.6) is 0 Å². The first-order chi connectivity index (χ1) is 13.0. The van der Waals surface area contributed by atoms with Crippen LogP contribution in [-0.2, 0) is 15.3 Å². The molecule has 1 atom stereocenters. The van der Waals surface area contributed by atoms with Gasteiger partial charge in [-0.15, -0.1) is 11.8 Å². The maximum atomic E-state index is 12.1. The standard InChI is InChI=1S/C18H18ClN3O4S/c19-15-7-3-2-6-13(15)11-27-12-14(23)10-16(17(24)25)21-18(26)22-9-5-1-4-8-20-22/h1-9,16H,10-12H2,(H,21,26)(H,24,25). The number of halogens is 1. The van der Waals surface area contributed by atoms with E-state index in [0.29, 0.717) is 10.8 Å². The zero-order valence-corrected chi connectivity index (χ0v) is 15.8. The monoisotopic (exact) mass is 407 g/mol. The number of urea groups is 1. The average Bonchev–Trinajstić information content (AvgIpc) is 2.92. The largest absolute Gasteiger partial charge is 0.480 e. The Hall–Kier alpha value is -2.58. The van der Waals surface area contributed by atoms with Crippen LogP contribution in [0.3, 0.4) is 0 Å². The third-order valence-corrected chi connectivity index (χ3v) is 4.85. The molecule has 1 aliphatic heterocycles. The molecule has 0 radical (unpaired) electrons. The lowest BCUT2D eigenvalue weighted by Gasteiger charge is -2.17. The third-order valence-electron chi connectivity index (χ3n) is 3.44. The Balaban J connectivity index is 1.84. The molecule has 0 spiro atoms. The van der Waals surface area contributed by atoms with Crippen LogP contribution in [-0.4, -0.2) is 45.9 Å². The van der Waals surface area contributed by atoms with Crippen molar-refractivity contribution in [3.8, 4) is 0 Å². The zero-order valence-electron chi connectivity index (χ0n) is 14.2. The highest BCUT2D eigenvalue weighted by atomic mass is 35.5. The number of carboxylic acids is 1. The number of allylic oxidation sites excluding steroid dienone is 3. The molecule has 0 aliphatic carbocycles. The number of ketones is 1. The number of hydrazone groups is 1. The van der Waals surface area contributed by atoms with E-state index < -0.39 is 18.0 Å². The van der Waals surface area contributed by atoms with Crippen molar-refractivity contribution in [1.29, 1.82) is 0 Å². The molecule has 0 bridgehead atoms. The molecule has 1 aromatic rings. The van der Waals surface area contributed by atoms with Gasteiger partial charge in [0.05, 0.1) is 5.75 Å². The molecule has 142 valence electrons. The molecule has 0 saturated heterocycles. The number of amides is 2. The molecule has 0 aromatic heterocycles. The SMILES string of the molecule is O=C(CSCc1ccccc1Cl)CC(NC(=O)N1C=CC=CC=N1)C(=O)O. The summed E-state index contributed by atoms with van der Waals surface area (Å²) in [6.07, 6.45) is 7.35. The summed E-state index contributed by atoms with van der Waals surface area (Å²) in [6, 6.07) is 5.26. The molecule has 1 aliphatic rings. The molecule has 2 rings (SSSR count). The second-order valence-electron chi connectivity index (χ2n) is 5.50. The number of carbonyl (C=O) groups is 3. The smallest absolute Gasteiger partial charge is 0.342 e. The van der Waals surface area contributed by atoms with Gasteiger partial charge in [0, 0.05) is 29.6 Å². The number of Topliss-reactive ketones (excluding diaryl/α,β-unsaturated/α-hetero) is 1. The summed E-state index contributed by atoms with van der Waals surface area (Å²) in [4.78, 5) is 35.6. The molecule has 2 amide bonds. The van der Waals surface area contributed by atoms with Gasteiger partial charge in [-0.2, -0.15) is 10.1 Å². The number of hydrogen-bond donors (Lipinski definition) is 2. The molecule has 9 heteroatoms. The van der Waals surface area contributed by atoms with Crippen LogP contribution >= 0.6 is 23.4 Å². The fourth-order valence-electron chi connectivity index (χ4n) is 2.11. The normalized spacial score (nSPS) is 13.9. The van der Waals surface area contributed by atoms with E-state index in [2.05, 4.69) is 10.4 Å². The lowest BCUT2D eigenvalue weighted by Crippen LogP contribution is -2.46. The summed E-state index contributed by atoms with van der Waals surface area (Å²) in [5.74, 6) is -0.906. The minimum atomic E-state index is -1.33. The average molecular weight is 408 g/mol. The molecule has 7 nitrogen and oxygen atoms in total. The summed E-state index contributed by atoms with van der Waals surface area (Å²) < 4.78 is 0. The lowest BCUT2D eigenvalue weighted by molar-refractivity contribution is -0.140. The Bertz CT molecular complexity index is 779. The maximum Gasteiger partial charge on any atom is 0.342 e. The summed E-state index contributed by atoms with van der Waals surface area (Å²) in [5.41, 5.74) is 0.902. The van der Waals surface area contributed by atoms with Crippen molar-refractivity contribution >= 4 is 47.4 Å². The first-order valence-corrected chi connectivity index (χ1v) is 9.53. The molecular formula is C18H18ClN3O4S. The predicted molar refractivity (Wildman–Crippen MR) is 106 cm³/mol. The van der Waals surface area contributed by atoms with Crippen LogP contribution in [0.15, 0.2) is 53.8 Å². The van der Waals surface area contributed by atoms with E-state index in [-0.39, 0.29) is 18.0 Å². The van der Waals surface area contributed by atoms with E-state index >= 15 is 0 Å². The van der Waals surface area contributed by atoms with Crippen molar-refractivity contribution in [2.45, 2.75) is 18.2 Å². The summed E-state index contributed by atoms with van der Waals surface area (Å²) in [6.45, 7) is 0. The summed E-state index contributed by atoms with van der Waals surface area (Å²) in [5, 5.41) is 17.0. The Morgan fingerprint density at radius 1 is 1.22 bits per heavy atom. The van der Waals surface area contributed by atoms with Crippen molar-refractivity contribution in [3.05, 3.63) is 59.3 Å². The summed E-state index contributed by atoms with van der Waals surface area (Å²) >= 11 is 7.40. The van der Waals surface area contributed by atoms with Crippen LogP contribution in [0.4, 0.5) is 4.79 Å². The fraction of sp³-hybridized carbons (Fsp3) is 0.222. The lowest BCUT2D eigenvalue weighted by atomic mass is 10.1. The van der Waals surface area contributed by atoms with Crippen molar-refractivity contribution in [3.63, 3.8) is 0 Å². The van der Waals surface area contributed by atoms with Gasteiger partial charge in [0.25, 0.3) is 0 Å². The number of nitrogens with zero attached hydrogens (tertiary/aromatic N) is 2. The number of rotatable bonds is 8. The molecule has 0 fully saturated rings. The first-order valence-electron chi connectivity index (χ1n) is 8.00. The van der Waals surface area contributed by atoms with Gasteiger partial charge in [-0.3, -0.25) is 4.79 Å². The van der Waals surface area contributed by atoms with E-state index in [1.54, 1.807) is 24.3 Å². The van der Waals surface area contributed by atoms with Crippen molar-refractivity contribution < 1.29 is 19.5 Å². The van der Waals surface area contributed by atoms with Crippen LogP contribution < -0.4 is 5.32 Å². The van der Waals surface area contributed by atoms with Crippen LogP contribution in [0.2, 0.25) is 5.02 Å². The zero-order chi connectivity index (χ0) is 19.6. The number of benzene rings is 1. The number of nitrogens with one attached hydrogen (secondary N) is 1. The quantitative estimate of drug-likeness (QED) is 0.689. The van der Waals surface area contributed by atoms with E-state index in [4.69, 9.17) is 11.6 Å². The van der Waals surface area contributed by atoms with Crippen molar-refractivity contribution in [2.75, 3.05) is 5.75 Å². The van der Waals surface area contributed by atoms with Crippen LogP contribution in [0.25, 0.3) is 0 Å². The van der Waals surface area contributed by atoms with E-state index in [0.717, 1.165) is 10.6 Å². The third kappa shape index (κ3) is 6.92. The first kappa shape index (κ1) is 20.7. The van der Waals surface area contributed by atoms with E-state index in [1.807, 2.05) is 18.2 Å². The van der Waals surface area contributed by atoms with Gasteiger partial charge in [0.15, 0.2) is 0 Å². The Kier molecular flexibility index (Phi) is 8.09. The second kappa shape index (κ2) is 10.5. The second-order valence-corrected chi connectivity index (χ2v) is 6.90. The molecule has 0 saturated carbocycles. The molecule has 1 aromatic carbocycles. The number of thioether (sulfide) groups is 1. The van der Waals surface area contributed by atoms with E-state index in [1.165, 1.54) is 24.2 Å². The summed E-state index contributed by atoms with van der Waals surface area (Å²) in [7, 11) is 0. The molecular weight excluding hydrogens is 390 g/mol. The number of aliphatic carboxylic acids is 1. The highest BCUT2D eigenvalue weighted by molar-refractivity contribution is 7.99. The predicted octanol–water partition coefficient (Wildman–Crippen LogP) is 3.07. The highest BCUT2D eigenvalue weighted by Gasteiger charge is 2.25. The Morgan fingerprint density at radius 2 is 2.00 bits per heavy atom. The number of hydrogen-bond acceptors (Lipinski definition) is 5. The van der Waals surface area contributed by atoms with Crippen molar-refractivity contribution in [1.82, 2.24) is 10.3 Å². The van der Waals surface area contributed by atoms with Gasteiger partial charge in [-0.1, -0.05) is 35.9 Å². The molecule has 2 N–H and O–H groups in total. The molecule has 27 heavy (non-hydrogen) atoms. The fourth-order valence-corrected chi connectivity index (χ4v) is 3.31. The Labute approximate surface area is 165 Å². The van der Waals surface area contributed by atoms with E-state index in [9.17, 15) is 19.5 Å². The maximum absolute atomic E-state index is 12.1. The number of carbonyl (C=O) groups excluding carboxylic acids is 2. The van der Waals surface area contributed by atoms with Gasteiger partial charge < -0.3 is 10.4 Å². The minimum absolute atomic E-state index is 0.122. The van der Waals surface area contributed by atoms with Gasteiger partial charge in [-0.05, 0) is 23.8 Å².